The van der Waals surface area contributed by atoms with E-state index < -0.39 is 98.5 Å². The van der Waals surface area contributed by atoms with Crippen LogP contribution in [0.25, 0.3) is 0 Å². The number of hydrogen-bond donors (Lipinski definition) is 12. The quantitative estimate of drug-likeness (QED) is 0.133. The molecule has 9 aliphatic carbocycles. The van der Waals surface area contributed by atoms with Crippen molar-refractivity contribution in [1.82, 2.24) is 10.6 Å². The van der Waals surface area contributed by atoms with Gasteiger partial charge in [-0.3, -0.25) is 4.79 Å². The number of allylic oxidation sites excluding steroid dienone is 6. The third-order valence-corrected chi connectivity index (χ3v) is 20.7. The number of rotatable bonds is 11. The molecule has 378 valence electrons. The highest BCUT2D eigenvalue weighted by Gasteiger charge is 2.83. The molecular formula is C54H81N3O11. The summed E-state index contributed by atoms with van der Waals surface area (Å²) in [4.78, 5) is 15.8. The van der Waals surface area contributed by atoms with Crippen LogP contribution in [0.4, 0.5) is 0 Å². The van der Waals surface area contributed by atoms with Crippen LogP contribution in [0.1, 0.15) is 137 Å². The maximum Gasteiger partial charge on any atom is 0.182 e. The number of aliphatic hydroxyl groups excluding tert-OH is 5. The van der Waals surface area contributed by atoms with Crippen molar-refractivity contribution < 1.29 is 55.5 Å². The van der Waals surface area contributed by atoms with Gasteiger partial charge in [-0.2, -0.15) is 0 Å². The van der Waals surface area contributed by atoms with Crippen molar-refractivity contribution in [3.8, 4) is 0 Å². The van der Waals surface area contributed by atoms with Crippen LogP contribution in [-0.4, -0.2) is 130 Å². The predicted molar refractivity (Wildman–Crippen MR) is 254 cm³/mol. The number of fused-ring (bicyclic) bond motifs is 5. The van der Waals surface area contributed by atoms with Crippen LogP contribution in [0.3, 0.4) is 0 Å². The molecule has 0 radical (unpaired) electrons. The van der Waals surface area contributed by atoms with E-state index in [4.69, 9.17) is 10.5 Å². The number of ether oxygens (including phenoxy) is 1. The molecule has 20 atom stereocenters. The maximum atomic E-state index is 15.8. The van der Waals surface area contributed by atoms with Crippen molar-refractivity contribution in [1.29, 1.82) is 0 Å². The number of aliphatic hydroxyl groups is 9. The fourth-order valence-corrected chi connectivity index (χ4v) is 17.8. The van der Waals surface area contributed by atoms with Gasteiger partial charge in [0.15, 0.2) is 5.78 Å². The van der Waals surface area contributed by atoms with Crippen LogP contribution in [0.15, 0.2) is 59.0 Å². The van der Waals surface area contributed by atoms with Crippen LogP contribution in [0, 0.1) is 51.2 Å². The molecule has 2 heterocycles. The lowest BCUT2D eigenvalue weighted by Gasteiger charge is -2.72. The molecule has 68 heavy (non-hydrogen) atoms. The number of dihydropyridines is 1. The smallest absolute Gasteiger partial charge is 0.182 e. The standard InChI is InChI=1S/C54H81N3O11/c1-5-8-31-11-13-32-39(15-12-31)68-46-42(32)36(60)10-6-18-54(46,67)48(4,64)40-17-19-53(66)45-43(56-27-30(2)59)44(63)34-25-37(61)38(62)26-50(34)29-49(33-14-16-41(55)57-35(33)9-7-24-58)20-22-51(65,28-47(40,53)3)52(45,50)23-21-49/h14,16,20-23,30-32,34,36-42,46,56-62,64-67H,5-13,15,17-19,24-29,55H2,1-4H3. The van der Waals surface area contributed by atoms with Crippen LogP contribution >= 0.6 is 0 Å². The molecule has 1 saturated heterocycles. The lowest BCUT2D eigenvalue weighted by atomic mass is 9.32. The van der Waals surface area contributed by atoms with Crippen LogP contribution in [0.2, 0.25) is 0 Å². The van der Waals surface area contributed by atoms with E-state index in [2.05, 4.69) is 23.6 Å². The SMILES string of the molecule is CCCC1CCC2OC3C(C(O)CCCC3(O)C(C)(O)C3CCC4(O)C5=C(NCC(C)O)C(=O)C6CC(O)C(O)CC67CC6(C8=C(CCCO)NC(N)C=C8)C=CC(O)(CC34C)C57C=C6)C2CC1. The summed E-state index contributed by atoms with van der Waals surface area (Å²) in [5, 5.41) is 119. The van der Waals surface area contributed by atoms with E-state index in [1.807, 2.05) is 37.3 Å². The second-order valence-electron chi connectivity index (χ2n) is 24.2. The molecule has 6 fully saturated rings. The van der Waals surface area contributed by atoms with Gasteiger partial charge in [0.2, 0.25) is 0 Å². The normalized spacial score (nSPS) is 50.5. The molecule has 2 bridgehead atoms. The van der Waals surface area contributed by atoms with Crippen molar-refractivity contribution in [2.45, 2.75) is 202 Å². The van der Waals surface area contributed by atoms with Crippen LogP contribution in [0.5, 0.6) is 0 Å². The van der Waals surface area contributed by atoms with Crippen molar-refractivity contribution in [3.05, 3.63) is 59.0 Å². The van der Waals surface area contributed by atoms with E-state index in [0.717, 1.165) is 49.8 Å². The number of Topliss-reactive ketones (excluding diaryl/α,β-unsaturated/α-hetero) is 1. The van der Waals surface area contributed by atoms with E-state index in [1.165, 1.54) is 0 Å². The first-order valence-corrected chi connectivity index (χ1v) is 26.4. The molecule has 0 amide bonds. The Morgan fingerprint density at radius 2 is 1.74 bits per heavy atom. The highest BCUT2D eigenvalue weighted by molar-refractivity contribution is 6.01. The highest BCUT2D eigenvalue weighted by Crippen LogP contribution is 2.81. The molecule has 2 spiro atoms. The Morgan fingerprint density at radius 1 is 0.985 bits per heavy atom. The number of carbonyl (C=O) groups is 1. The third-order valence-electron chi connectivity index (χ3n) is 20.7. The van der Waals surface area contributed by atoms with Gasteiger partial charge in [-0.05, 0) is 133 Å². The van der Waals surface area contributed by atoms with Crippen LogP contribution in [-0.2, 0) is 9.53 Å². The van der Waals surface area contributed by atoms with Gasteiger partial charge < -0.3 is 67.1 Å². The van der Waals surface area contributed by atoms with Gasteiger partial charge in [-0.25, -0.2) is 0 Å². The summed E-state index contributed by atoms with van der Waals surface area (Å²) < 4.78 is 7.01. The summed E-state index contributed by atoms with van der Waals surface area (Å²) in [5.74, 6) is -1.98. The van der Waals surface area contributed by atoms with E-state index in [1.54, 1.807) is 13.8 Å². The van der Waals surface area contributed by atoms with Crippen molar-refractivity contribution in [2.75, 3.05) is 13.2 Å². The minimum atomic E-state index is -1.94. The zero-order valence-electron chi connectivity index (χ0n) is 40.7. The number of hydrogen-bond acceptors (Lipinski definition) is 14. The summed E-state index contributed by atoms with van der Waals surface area (Å²) >= 11 is 0. The van der Waals surface area contributed by atoms with Crippen molar-refractivity contribution >= 4 is 5.78 Å². The van der Waals surface area contributed by atoms with Gasteiger partial charge in [0.25, 0.3) is 0 Å². The third kappa shape index (κ3) is 6.56. The number of ketones is 1. The number of nitrogens with two attached hydrogens (primary N) is 1. The molecule has 0 aromatic rings. The molecule has 20 unspecified atom stereocenters. The molecule has 13 N–H and O–H groups in total. The summed E-state index contributed by atoms with van der Waals surface area (Å²) in [6.07, 6.45) is 14.2. The zero-order valence-corrected chi connectivity index (χ0v) is 40.7. The Hall–Kier alpha value is -2.47. The number of carbonyl (C=O) groups excluding carboxylic acids is 1. The maximum absolute atomic E-state index is 15.8. The minimum absolute atomic E-state index is 0.0212. The first-order valence-electron chi connectivity index (χ1n) is 26.4. The largest absolute Gasteiger partial charge is 0.396 e. The predicted octanol–water partition coefficient (Wildman–Crippen LogP) is 3.18. The molecule has 2 aliphatic heterocycles. The second kappa shape index (κ2) is 16.8. The Kier molecular flexibility index (Phi) is 12.1. The van der Waals surface area contributed by atoms with E-state index in [-0.39, 0.29) is 87.2 Å². The second-order valence-corrected chi connectivity index (χ2v) is 24.2. The van der Waals surface area contributed by atoms with Crippen molar-refractivity contribution in [3.63, 3.8) is 0 Å². The fraction of sp³-hybridized carbons (Fsp3) is 0.796. The average Bonchev–Trinajstić information content (AvgIpc) is 3.56. The summed E-state index contributed by atoms with van der Waals surface area (Å²) in [5.41, 5.74) is -4.42. The molecular weight excluding hydrogens is 867 g/mol. The summed E-state index contributed by atoms with van der Waals surface area (Å²) in [6.45, 7) is 7.24. The van der Waals surface area contributed by atoms with Gasteiger partial charge in [0.1, 0.15) is 5.60 Å². The average molecular weight is 948 g/mol. The topological polar surface area (TPSA) is 258 Å². The summed E-state index contributed by atoms with van der Waals surface area (Å²) in [7, 11) is 0. The molecule has 5 saturated carbocycles. The molecule has 0 aromatic carbocycles. The Balaban J connectivity index is 1.16. The first-order chi connectivity index (χ1) is 32.1. The van der Waals surface area contributed by atoms with E-state index in [0.29, 0.717) is 31.6 Å². The molecule has 14 nitrogen and oxygen atoms in total. The number of nitrogens with one attached hydrogen (secondary N) is 2. The Labute approximate surface area is 401 Å². The lowest BCUT2D eigenvalue weighted by Crippen LogP contribution is -2.77. The molecule has 11 aliphatic rings. The summed E-state index contributed by atoms with van der Waals surface area (Å²) in [6, 6.07) is 0. The zero-order chi connectivity index (χ0) is 48.6. The van der Waals surface area contributed by atoms with Crippen molar-refractivity contribution in [2.24, 2.45) is 57.0 Å². The monoisotopic (exact) mass is 948 g/mol. The minimum Gasteiger partial charge on any atom is -0.396 e. The van der Waals surface area contributed by atoms with Gasteiger partial charge in [-0.1, -0.05) is 63.5 Å². The first kappa shape index (κ1) is 49.1. The molecule has 14 heteroatoms. The van der Waals surface area contributed by atoms with E-state index in [9.17, 15) is 46.0 Å². The molecule has 0 aromatic heterocycles. The highest BCUT2D eigenvalue weighted by atomic mass is 16.5. The lowest BCUT2D eigenvalue weighted by molar-refractivity contribution is -0.270. The Bertz CT molecular complexity index is 2170. The fourth-order valence-electron chi connectivity index (χ4n) is 17.8. The Morgan fingerprint density at radius 3 is 2.47 bits per heavy atom. The van der Waals surface area contributed by atoms with Crippen LogP contribution < -0.4 is 16.4 Å². The molecule has 11 rings (SSSR count). The van der Waals surface area contributed by atoms with Gasteiger partial charge >= 0.3 is 0 Å². The van der Waals surface area contributed by atoms with Gasteiger partial charge in [-0.15, -0.1) is 0 Å². The van der Waals surface area contributed by atoms with E-state index >= 15 is 4.79 Å². The van der Waals surface area contributed by atoms with Gasteiger partial charge in [0, 0.05) is 52.5 Å². The van der Waals surface area contributed by atoms with Gasteiger partial charge in [0.05, 0.1) is 70.7 Å².